The van der Waals surface area contributed by atoms with Crippen LogP contribution < -0.4 is 10.6 Å². The Morgan fingerprint density at radius 3 is 3.12 bits per heavy atom. The van der Waals surface area contributed by atoms with Gasteiger partial charge in [-0.2, -0.15) is 11.8 Å². The van der Waals surface area contributed by atoms with Crippen molar-refractivity contribution in [1.82, 2.24) is 5.32 Å². The van der Waals surface area contributed by atoms with Crippen LogP contribution in [0.25, 0.3) is 0 Å². The average Bonchev–Trinajstić information content (AvgIpc) is 2.36. The third kappa shape index (κ3) is 2.98. The number of rotatable bonds is 2. The summed E-state index contributed by atoms with van der Waals surface area (Å²) >= 11 is 1.73. The molecule has 17 heavy (non-hydrogen) atoms. The quantitative estimate of drug-likeness (QED) is 0.845. The number of nitrogens with one attached hydrogen (secondary N) is 2. The standard InChI is InChI=1S/C12H15FN2OS/c1-8-3-2-4-9(11(8)13)15-12(16)10-7-17-6-5-14-10/h2-4,10,14H,5-7H2,1H3,(H,15,16). The minimum atomic E-state index is -0.357. The Labute approximate surface area is 104 Å². The van der Waals surface area contributed by atoms with Crippen LogP contribution in [0.3, 0.4) is 0 Å². The van der Waals surface area contributed by atoms with E-state index in [0.29, 0.717) is 5.56 Å². The van der Waals surface area contributed by atoms with Crippen LogP contribution in [0.15, 0.2) is 18.2 Å². The third-order valence-electron chi connectivity index (χ3n) is 2.69. The highest BCUT2D eigenvalue weighted by Gasteiger charge is 2.21. The molecule has 1 unspecified atom stereocenters. The Morgan fingerprint density at radius 1 is 1.59 bits per heavy atom. The van der Waals surface area contributed by atoms with Crippen molar-refractivity contribution < 1.29 is 9.18 Å². The topological polar surface area (TPSA) is 41.1 Å². The van der Waals surface area contributed by atoms with Gasteiger partial charge in [-0.25, -0.2) is 4.39 Å². The monoisotopic (exact) mass is 254 g/mol. The first-order valence-electron chi connectivity index (χ1n) is 5.55. The van der Waals surface area contributed by atoms with E-state index in [9.17, 15) is 9.18 Å². The highest BCUT2D eigenvalue weighted by molar-refractivity contribution is 7.99. The second-order valence-corrected chi connectivity index (χ2v) is 5.16. The van der Waals surface area contributed by atoms with E-state index >= 15 is 0 Å². The van der Waals surface area contributed by atoms with Crippen molar-refractivity contribution in [3.63, 3.8) is 0 Å². The van der Waals surface area contributed by atoms with Crippen molar-refractivity contribution in [1.29, 1.82) is 0 Å². The van der Waals surface area contributed by atoms with E-state index in [1.165, 1.54) is 0 Å². The number of benzene rings is 1. The minimum Gasteiger partial charge on any atom is -0.322 e. The molecule has 2 rings (SSSR count). The van der Waals surface area contributed by atoms with Crippen LogP contribution in [0.5, 0.6) is 0 Å². The van der Waals surface area contributed by atoms with E-state index in [1.807, 2.05) is 0 Å². The van der Waals surface area contributed by atoms with Gasteiger partial charge in [0.15, 0.2) is 0 Å². The fourth-order valence-electron chi connectivity index (χ4n) is 1.70. The zero-order valence-electron chi connectivity index (χ0n) is 9.63. The van der Waals surface area contributed by atoms with Crippen LogP contribution in [0.4, 0.5) is 10.1 Å². The van der Waals surface area contributed by atoms with Crippen molar-refractivity contribution in [3.05, 3.63) is 29.6 Å². The maximum atomic E-state index is 13.7. The van der Waals surface area contributed by atoms with Gasteiger partial charge < -0.3 is 10.6 Å². The van der Waals surface area contributed by atoms with E-state index in [4.69, 9.17) is 0 Å². The normalized spacial score (nSPS) is 20.0. The largest absolute Gasteiger partial charge is 0.322 e. The SMILES string of the molecule is Cc1cccc(NC(=O)C2CSCCN2)c1F. The molecule has 1 amide bonds. The summed E-state index contributed by atoms with van der Waals surface area (Å²) in [6.07, 6.45) is 0. The van der Waals surface area contributed by atoms with Crippen LogP contribution >= 0.6 is 11.8 Å². The van der Waals surface area contributed by atoms with Crippen molar-refractivity contribution in [3.8, 4) is 0 Å². The highest BCUT2D eigenvalue weighted by atomic mass is 32.2. The summed E-state index contributed by atoms with van der Waals surface area (Å²) in [5, 5.41) is 5.75. The van der Waals surface area contributed by atoms with E-state index < -0.39 is 0 Å². The molecule has 1 heterocycles. The van der Waals surface area contributed by atoms with E-state index in [-0.39, 0.29) is 23.5 Å². The van der Waals surface area contributed by atoms with Crippen molar-refractivity contribution in [2.45, 2.75) is 13.0 Å². The van der Waals surface area contributed by atoms with Gasteiger partial charge in [0.2, 0.25) is 5.91 Å². The molecule has 0 spiro atoms. The summed E-state index contributed by atoms with van der Waals surface area (Å²) in [5.74, 6) is 1.23. The first-order valence-corrected chi connectivity index (χ1v) is 6.71. The number of thioether (sulfide) groups is 1. The number of carbonyl (C=O) groups is 1. The van der Waals surface area contributed by atoms with Crippen LogP contribution in [-0.2, 0) is 4.79 Å². The maximum Gasteiger partial charge on any atom is 0.242 e. The summed E-state index contributed by atoms with van der Waals surface area (Å²) in [6.45, 7) is 2.50. The number of hydrogen-bond donors (Lipinski definition) is 2. The fourth-order valence-corrected chi connectivity index (χ4v) is 2.63. The summed E-state index contributed by atoms with van der Waals surface area (Å²) in [5.41, 5.74) is 0.793. The molecule has 1 saturated heterocycles. The minimum absolute atomic E-state index is 0.165. The van der Waals surface area contributed by atoms with E-state index in [2.05, 4.69) is 10.6 Å². The first kappa shape index (κ1) is 12.4. The molecule has 2 N–H and O–H groups in total. The molecule has 92 valence electrons. The lowest BCUT2D eigenvalue weighted by Crippen LogP contribution is -2.46. The fraction of sp³-hybridized carbons (Fsp3) is 0.417. The summed E-state index contributed by atoms with van der Waals surface area (Å²) in [6, 6.07) is 4.76. The number of amides is 1. The van der Waals surface area contributed by atoms with Gasteiger partial charge in [0.05, 0.1) is 11.7 Å². The molecule has 0 saturated carbocycles. The zero-order valence-corrected chi connectivity index (χ0v) is 10.4. The number of anilines is 1. The predicted octanol–water partition coefficient (Wildman–Crippen LogP) is 1.78. The van der Waals surface area contributed by atoms with Crippen molar-refractivity contribution in [2.24, 2.45) is 0 Å². The maximum absolute atomic E-state index is 13.7. The summed E-state index contributed by atoms with van der Waals surface area (Å²) in [7, 11) is 0. The lowest BCUT2D eigenvalue weighted by Gasteiger charge is -2.22. The van der Waals surface area contributed by atoms with Gasteiger partial charge in [0.1, 0.15) is 5.82 Å². The van der Waals surface area contributed by atoms with Gasteiger partial charge in [-0.3, -0.25) is 4.79 Å². The van der Waals surface area contributed by atoms with E-state index in [0.717, 1.165) is 18.1 Å². The summed E-state index contributed by atoms with van der Waals surface area (Å²) in [4.78, 5) is 11.9. The molecule has 1 fully saturated rings. The molecule has 5 heteroatoms. The molecule has 0 bridgehead atoms. The molecule has 1 aliphatic rings. The Morgan fingerprint density at radius 2 is 2.41 bits per heavy atom. The van der Waals surface area contributed by atoms with Crippen LogP contribution in [-0.4, -0.2) is 30.0 Å². The number of halogens is 1. The Kier molecular flexibility index (Phi) is 4.02. The zero-order chi connectivity index (χ0) is 12.3. The van der Waals surface area contributed by atoms with Gasteiger partial charge in [-0.1, -0.05) is 12.1 Å². The molecular weight excluding hydrogens is 239 g/mol. The van der Waals surface area contributed by atoms with Gasteiger partial charge in [-0.05, 0) is 18.6 Å². The molecule has 0 radical (unpaired) electrons. The van der Waals surface area contributed by atoms with Gasteiger partial charge in [0, 0.05) is 18.1 Å². The predicted molar refractivity (Wildman–Crippen MR) is 68.9 cm³/mol. The molecule has 1 aliphatic heterocycles. The smallest absolute Gasteiger partial charge is 0.242 e. The number of aryl methyl sites for hydroxylation is 1. The van der Waals surface area contributed by atoms with Crippen molar-refractivity contribution >= 4 is 23.4 Å². The summed E-state index contributed by atoms with van der Waals surface area (Å²) < 4.78 is 13.7. The molecule has 1 atom stereocenters. The molecular formula is C12H15FN2OS. The molecule has 1 aromatic rings. The number of carbonyl (C=O) groups excluding carboxylic acids is 1. The second-order valence-electron chi connectivity index (χ2n) is 4.01. The van der Waals surface area contributed by atoms with Gasteiger partial charge in [-0.15, -0.1) is 0 Å². The Bertz CT molecular complexity index is 419. The Balaban J connectivity index is 2.04. The van der Waals surface area contributed by atoms with Gasteiger partial charge in [0.25, 0.3) is 0 Å². The lowest BCUT2D eigenvalue weighted by molar-refractivity contribution is -0.117. The second kappa shape index (κ2) is 5.51. The van der Waals surface area contributed by atoms with Crippen LogP contribution in [0.1, 0.15) is 5.56 Å². The van der Waals surface area contributed by atoms with Gasteiger partial charge >= 0.3 is 0 Å². The number of hydrogen-bond acceptors (Lipinski definition) is 3. The van der Waals surface area contributed by atoms with Crippen molar-refractivity contribution in [2.75, 3.05) is 23.4 Å². The van der Waals surface area contributed by atoms with E-state index in [1.54, 1.807) is 36.9 Å². The van der Waals surface area contributed by atoms with Crippen LogP contribution in [0, 0.1) is 12.7 Å². The van der Waals surface area contributed by atoms with Crippen LogP contribution in [0.2, 0.25) is 0 Å². The molecule has 0 aromatic heterocycles. The average molecular weight is 254 g/mol. The lowest BCUT2D eigenvalue weighted by atomic mass is 10.2. The molecule has 1 aromatic carbocycles. The highest BCUT2D eigenvalue weighted by Crippen LogP contribution is 2.18. The molecule has 0 aliphatic carbocycles. The third-order valence-corrected chi connectivity index (χ3v) is 3.75. The Hall–Kier alpha value is -1.07. The first-order chi connectivity index (χ1) is 8.18. The molecule has 3 nitrogen and oxygen atoms in total.